The van der Waals surface area contributed by atoms with Crippen molar-refractivity contribution in [2.45, 2.75) is 59.4 Å². The molecule has 1 N–H and O–H groups in total. The molecule has 3 nitrogen and oxygen atoms in total. The fraction of sp³-hybridized carbons (Fsp3) is 0.722. The molecule has 0 radical (unpaired) electrons. The highest BCUT2D eigenvalue weighted by atomic mass is 15.2. The van der Waals surface area contributed by atoms with Crippen LogP contribution in [0.15, 0.2) is 12.1 Å². The number of aryl methyl sites for hydroxylation is 1. The lowest BCUT2D eigenvalue weighted by atomic mass is 9.94. The highest BCUT2D eigenvalue weighted by molar-refractivity contribution is 5.43. The first-order chi connectivity index (χ1) is 10.3. The molecule has 1 saturated heterocycles. The molecule has 2 heterocycles. The van der Waals surface area contributed by atoms with Crippen molar-refractivity contribution >= 4 is 5.82 Å². The monoisotopic (exact) mass is 289 g/mol. The quantitative estimate of drug-likeness (QED) is 0.775. The first-order valence-corrected chi connectivity index (χ1v) is 8.72. The van der Waals surface area contributed by atoms with Crippen LogP contribution >= 0.6 is 0 Å². The Morgan fingerprint density at radius 2 is 1.95 bits per heavy atom. The third-order valence-corrected chi connectivity index (χ3v) is 4.56. The molecule has 118 valence electrons. The van der Waals surface area contributed by atoms with Crippen LogP contribution in [0.25, 0.3) is 0 Å². The number of pyridine rings is 1. The van der Waals surface area contributed by atoms with Crippen LogP contribution in [0, 0.1) is 5.92 Å². The van der Waals surface area contributed by atoms with Gasteiger partial charge in [-0.1, -0.05) is 27.2 Å². The molecule has 1 aromatic heterocycles. The summed E-state index contributed by atoms with van der Waals surface area (Å²) < 4.78 is 0. The molecular weight excluding hydrogens is 258 g/mol. The highest BCUT2D eigenvalue weighted by Crippen LogP contribution is 2.25. The van der Waals surface area contributed by atoms with Gasteiger partial charge in [-0.2, -0.15) is 0 Å². The van der Waals surface area contributed by atoms with Gasteiger partial charge in [0.1, 0.15) is 5.82 Å². The van der Waals surface area contributed by atoms with Crippen molar-refractivity contribution in [2.24, 2.45) is 5.92 Å². The number of nitrogens with one attached hydrogen (secondary N) is 1. The number of rotatable bonds is 7. The van der Waals surface area contributed by atoms with Crippen molar-refractivity contribution < 1.29 is 0 Å². The zero-order valence-corrected chi connectivity index (χ0v) is 14.0. The maximum atomic E-state index is 4.85. The van der Waals surface area contributed by atoms with Crippen LogP contribution in [0.5, 0.6) is 0 Å². The van der Waals surface area contributed by atoms with Gasteiger partial charge in [0.15, 0.2) is 0 Å². The summed E-state index contributed by atoms with van der Waals surface area (Å²) in [4.78, 5) is 7.33. The molecule has 1 aromatic rings. The van der Waals surface area contributed by atoms with Gasteiger partial charge in [-0.25, -0.2) is 4.98 Å². The predicted octanol–water partition coefficient (Wildman–Crippen LogP) is 3.77. The minimum Gasteiger partial charge on any atom is -0.357 e. The fourth-order valence-electron chi connectivity index (χ4n) is 3.06. The van der Waals surface area contributed by atoms with Gasteiger partial charge in [0.2, 0.25) is 0 Å². The summed E-state index contributed by atoms with van der Waals surface area (Å²) >= 11 is 0. The highest BCUT2D eigenvalue weighted by Gasteiger charge is 2.19. The van der Waals surface area contributed by atoms with E-state index in [2.05, 4.69) is 43.1 Å². The predicted molar refractivity (Wildman–Crippen MR) is 90.8 cm³/mol. The Labute approximate surface area is 130 Å². The molecular formula is C18H31N3. The number of hydrogen-bond acceptors (Lipinski definition) is 3. The van der Waals surface area contributed by atoms with E-state index < -0.39 is 0 Å². The fourth-order valence-corrected chi connectivity index (χ4v) is 3.06. The molecule has 0 unspecified atom stereocenters. The summed E-state index contributed by atoms with van der Waals surface area (Å²) in [5, 5.41) is 3.50. The normalized spacial score (nSPS) is 16.4. The minimum absolute atomic E-state index is 0.918. The van der Waals surface area contributed by atoms with E-state index in [9.17, 15) is 0 Å². The summed E-state index contributed by atoms with van der Waals surface area (Å²) in [7, 11) is 0. The molecule has 0 spiro atoms. The Bertz CT molecular complexity index is 422. The second-order valence-corrected chi connectivity index (χ2v) is 6.19. The second-order valence-electron chi connectivity index (χ2n) is 6.19. The third-order valence-electron chi connectivity index (χ3n) is 4.56. The van der Waals surface area contributed by atoms with Crippen LogP contribution in [0.1, 0.15) is 57.7 Å². The second kappa shape index (κ2) is 8.38. The molecule has 2 rings (SSSR count). The zero-order chi connectivity index (χ0) is 15.1. The number of nitrogens with zero attached hydrogens (tertiary/aromatic N) is 2. The van der Waals surface area contributed by atoms with E-state index in [-0.39, 0.29) is 0 Å². The number of hydrogen-bond donors (Lipinski definition) is 1. The van der Waals surface area contributed by atoms with Crippen molar-refractivity contribution in [1.82, 2.24) is 10.3 Å². The topological polar surface area (TPSA) is 28.2 Å². The number of piperidine rings is 1. The molecule has 0 aromatic carbocycles. The van der Waals surface area contributed by atoms with E-state index in [1.807, 2.05) is 0 Å². The standard InChI is InChI=1S/C18H31N3/c1-4-9-19-14-16-12-17(6-3)20-18(13-16)21-10-7-15(5-2)8-11-21/h12-13,15,19H,4-11,14H2,1-3H3. The third kappa shape index (κ3) is 4.70. The Hall–Kier alpha value is -1.09. The van der Waals surface area contributed by atoms with Crippen LogP contribution in [-0.4, -0.2) is 24.6 Å². The maximum absolute atomic E-state index is 4.85. The van der Waals surface area contributed by atoms with Crippen molar-refractivity contribution in [2.75, 3.05) is 24.5 Å². The van der Waals surface area contributed by atoms with Crippen molar-refractivity contribution in [1.29, 1.82) is 0 Å². The number of aromatic nitrogens is 1. The van der Waals surface area contributed by atoms with E-state index in [1.165, 1.54) is 55.8 Å². The van der Waals surface area contributed by atoms with Gasteiger partial charge in [-0.15, -0.1) is 0 Å². The van der Waals surface area contributed by atoms with Gasteiger partial charge in [0, 0.05) is 25.3 Å². The summed E-state index contributed by atoms with van der Waals surface area (Å²) in [6.07, 6.45) is 6.15. The van der Waals surface area contributed by atoms with Gasteiger partial charge >= 0.3 is 0 Å². The average Bonchev–Trinajstić information content (AvgIpc) is 2.55. The Kier molecular flexibility index (Phi) is 6.50. The van der Waals surface area contributed by atoms with E-state index in [0.717, 1.165) is 25.4 Å². The van der Waals surface area contributed by atoms with Gasteiger partial charge in [-0.3, -0.25) is 0 Å². The van der Waals surface area contributed by atoms with Crippen molar-refractivity contribution in [3.05, 3.63) is 23.4 Å². The lowest BCUT2D eigenvalue weighted by molar-refractivity contribution is 0.393. The smallest absolute Gasteiger partial charge is 0.129 e. The summed E-state index contributed by atoms with van der Waals surface area (Å²) in [5.41, 5.74) is 2.60. The molecule has 1 aliphatic heterocycles. The van der Waals surface area contributed by atoms with E-state index in [1.54, 1.807) is 0 Å². The van der Waals surface area contributed by atoms with Crippen LogP contribution in [-0.2, 0) is 13.0 Å². The van der Waals surface area contributed by atoms with Gasteiger partial charge in [0.25, 0.3) is 0 Å². The Morgan fingerprint density at radius 3 is 2.57 bits per heavy atom. The molecule has 1 fully saturated rings. The maximum Gasteiger partial charge on any atom is 0.129 e. The van der Waals surface area contributed by atoms with Gasteiger partial charge in [-0.05, 0) is 55.8 Å². The minimum atomic E-state index is 0.918. The average molecular weight is 289 g/mol. The zero-order valence-electron chi connectivity index (χ0n) is 14.0. The van der Waals surface area contributed by atoms with E-state index >= 15 is 0 Å². The molecule has 0 aliphatic carbocycles. The number of anilines is 1. The van der Waals surface area contributed by atoms with E-state index in [0.29, 0.717) is 0 Å². The van der Waals surface area contributed by atoms with Gasteiger partial charge < -0.3 is 10.2 Å². The van der Waals surface area contributed by atoms with Crippen LogP contribution in [0.2, 0.25) is 0 Å². The molecule has 21 heavy (non-hydrogen) atoms. The van der Waals surface area contributed by atoms with Crippen molar-refractivity contribution in [3.63, 3.8) is 0 Å². The van der Waals surface area contributed by atoms with E-state index in [4.69, 9.17) is 4.98 Å². The molecule has 0 bridgehead atoms. The molecule has 0 amide bonds. The van der Waals surface area contributed by atoms with Crippen LogP contribution in [0.3, 0.4) is 0 Å². The molecule has 0 atom stereocenters. The van der Waals surface area contributed by atoms with Crippen molar-refractivity contribution in [3.8, 4) is 0 Å². The summed E-state index contributed by atoms with van der Waals surface area (Å²) in [5.74, 6) is 2.11. The first-order valence-electron chi connectivity index (χ1n) is 8.72. The summed E-state index contributed by atoms with van der Waals surface area (Å²) in [6, 6.07) is 4.54. The first kappa shape index (κ1) is 16.3. The van der Waals surface area contributed by atoms with Gasteiger partial charge in [0.05, 0.1) is 0 Å². The molecule has 1 aliphatic rings. The Morgan fingerprint density at radius 1 is 1.19 bits per heavy atom. The summed E-state index contributed by atoms with van der Waals surface area (Å²) in [6.45, 7) is 11.1. The molecule has 3 heteroatoms. The lowest BCUT2D eigenvalue weighted by Crippen LogP contribution is -2.34. The lowest BCUT2D eigenvalue weighted by Gasteiger charge is -2.32. The van der Waals surface area contributed by atoms with Crippen LogP contribution < -0.4 is 10.2 Å². The Balaban J connectivity index is 2.05. The molecule has 0 saturated carbocycles. The largest absolute Gasteiger partial charge is 0.357 e. The SMILES string of the molecule is CCCNCc1cc(CC)nc(N2CCC(CC)CC2)c1. The van der Waals surface area contributed by atoms with Crippen LogP contribution in [0.4, 0.5) is 5.82 Å².